The number of hydrazone groups is 1. The molecule has 0 fully saturated rings. The number of hydrogen-bond acceptors (Lipinski definition) is 3. The van der Waals surface area contributed by atoms with Crippen LogP contribution in [0.2, 0.25) is 5.02 Å². The first-order valence-electron chi connectivity index (χ1n) is 6.20. The Kier molecular flexibility index (Phi) is 5.51. The molecular weight excluding hydrogens is 375 g/mol. The van der Waals surface area contributed by atoms with Crippen molar-refractivity contribution in [2.24, 2.45) is 5.10 Å². The van der Waals surface area contributed by atoms with Gasteiger partial charge in [0.05, 0.1) is 22.1 Å². The van der Waals surface area contributed by atoms with Gasteiger partial charge >= 0.3 is 0 Å². The highest BCUT2D eigenvalue weighted by Crippen LogP contribution is 2.32. The van der Waals surface area contributed by atoms with Crippen LogP contribution in [0.1, 0.15) is 11.1 Å². The van der Waals surface area contributed by atoms with E-state index in [2.05, 4.69) is 26.5 Å². The SMILES string of the molecule is O=C(Cc1ccc(F)cc1)N/N=C/c1cc(Cl)c(O)c(Br)c1. The van der Waals surface area contributed by atoms with Crippen LogP contribution in [0.15, 0.2) is 46.0 Å². The fourth-order valence-corrected chi connectivity index (χ4v) is 2.49. The maximum Gasteiger partial charge on any atom is 0.244 e. The summed E-state index contributed by atoms with van der Waals surface area (Å²) < 4.78 is 13.2. The number of phenols is 1. The summed E-state index contributed by atoms with van der Waals surface area (Å²) in [6, 6.07) is 8.78. The number of rotatable bonds is 4. The molecule has 1 amide bonds. The molecule has 0 bridgehead atoms. The monoisotopic (exact) mass is 384 g/mol. The second kappa shape index (κ2) is 7.38. The molecule has 22 heavy (non-hydrogen) atoms. The molecule has 0 aliphatic heterocycles. The average molecular weight is 386 g/mol. The third kappa shape index (κ3) is 4.54. The highest BCUT2D eigenvalue weighted by molar-refractivity contribution is 9.10. The standard InChI is InChI=1S/C15H11BrClFN2O2/c16-12-5-10(6-13(17)15(12)22)8-19-20-14(21)7-9-1-3-11(18)4-2-9/h1-6,8,22H,7H2,(H,20,21)/b19-8+. The fourth-order valence-electron chi connectivity index (χ4n) is 1.67. The highest BCUT2D eigenvalue weighted by atomic mass is 79.9. The van der Waals surface area contributed by atoms with Gasteiger partial charge in [-0.2, -0.15) is 5.10 Å². The summed E-state index contributed by atoms with van der Waals surface area (Å²) in [5.41, 5.74) is 3.66. The summed E-state index contributed by atoms with van der Waals surface area (Å²) in [6.45, 7) is 0. The number of hydrogen-bond donors (Lipinski definition) is 2. The first-order chi connectivity index (χ1) is 10.5. The van der Waals surface area contributed by atoms with Crippen LogP contribution < -0.4 is 5.43 Å². The zero-order valence-electron chi connectivity index (χ0n) is 11.2. The molecule has 4 nitrogen and oxygen atoms in total. The molecular formula is C15H11BrClFN2O2. The maximum atomic E-state index is 12.8. The van der Waals surface area contributed by atoms with Gasteiger partial charge in [0.15, 0.2) is 0 Å². The van der Waals surface area contributed by atoms with Crippen molar-refractivity contribution in [1.29, 1.82) is 0 Å². The zero-order valence-corrected chi connectivity index (χ0v) is 13.5. The number of aromatic hydroxyl groups is 1. The number of phenolic OH excluding ortho intramolecular Hbond substituents is 1. The smallest absolute Gasteiger partial charge is 0.244 e. The third-order valence-electron chi connectivity index (χ3n) is 2.72. The van der Waals surface area contributed by atoms with Crippen LogP contribution in [0.25, 0.3) is 0 Å². The molecule has 2 aromatic carbocycles. The Morgan fingerprint density at radius 1 is 1.36 bits per heavy atom. The van der Waals surface area contributed by atoms with E-state index >= 15 is 0 Å². The Balaban J connectivity index is 1.94. The second-order valence-corrected chi connectivity index (χ2v) is 5.69. The van der Waals surface area contributed by atoms with Crippen LogP contribution in [0, 0.1) is 5.82 Å². The zero-order chi connectivity index (χ0) is 16.1. The molecule has 0 radical (unpaired) electrons. The lowest BCUT2D eigenvalue weighted by molar-refractivity contribution is -0.120. The first-order valence-corrected chi connectivity index (χ1v) is 7.37. The van der Waals surface area contributed by atoms with Crippen molar-refractivity contribution in [2.75, 3.05) is 0 Å². The molecule has 114 valence electrons. The van der Waals surface area contributed by atoms with Gasteiger partial charge < -0.3 is 5.11 Å². The number of nitrogens with zero attached hydrogens (tertiary/aromatic N) is 1. The predicted octanol–water partition coefficient (Wildman–Crippen LogP) is 3.64. The van der Waals surface area contributed by atoms with Crippen LogP contribution in [-0.2, 0) is 11.2 Å². The first kappa shape index (κ1) is 16.5. The number of halogens is 3. The molecule has 0 saturated carbocycles. The van der Waals surface area contributed by atoms with E-state index in [1.807, 2.05) is 0 Å². The van der Waals surface area contributed by atoms with E-state index in [1.165, 1.54) is 36.5 Å². The molecule has 0 aliphatic carbocycles. The van der Waals surface area contributed by atoms with E-state index < -0.39 is 0 Å². The van der Waals surface area contributed by atoms with E-state index in [0.29, 0.717) is 15.6 Å². The average Bonchev–Trinajstić information content (AvgIpc) is 2.47. The minimum absolute atomic E-state index is 0.0563. The summed E-state index contributed by atoms with van der Waals surface area (Å²) in [6.07, 6.45) is 1.50. The Morgan fingerprint density at radius 2 is 2.05 bits per heavy atom. The van der Waals surface area contributed by atoms with Crippen molar-refractivity contribution >= 4 is 39.7 Å². The van der Waals surface area contributed by atoms with Gasteiger partial charge in [0, 0.05) is 0 Å². The number of amides is 1. The van der Waals surface area contributed by atoms with Gasteiger partial charge in [0.1, 0.15) is 11.6 Å². The number of nitrogens with one attached hydrogen (secondary N) is 1. The van der Waals surface area contributed by atoms with Crippen molar-refractivity contribution in [3.05, 3.63) is 62.8 Å². The van der Waals surface area contributed by atoms with Crippen molar-refractivity contribution < 1.29 is 14.3 Å². The minimum atomic E-state index is -0.350. The van der Waals surface area contributed by atoms with E-state index in [9.17, 15) is 14.3 Å². The lowest BCUT2D eigenvalue weighted by Crippen LogP contribution is -2.19. The van der Waals surface area contributed by atoms with Crippen molar-refractivity contribution in [2.45, 2.75) is 6.42 Å². The van der Waals surface area contributed by atoms with Gasteiger partial charge in [-0.25, -0.2) is 9.82 Å². The van der Waals surface area contributed by atoms with Gasteiger partial charge in [-0.05, 0) is 51.3 Å². The van der Waals surface area contributed by atoms with Gasteiger partial charge in [0.25, 0.3) is 0 Å². The highest BCUT2D eigenvalue weighted by Gasteiger charge is 2.05. The Bertz CT molecular complexity index is 697. The largest absolute Gasteiger partial charge is 0.505 e. The topological polar surface area (TPSA) is 61.7 Å². The second-order valence-electron chi connectivity index (χ2n) is 4.43. The van der Waals surface area contributed by atoms with Crippen LogP contribution in [0.3, 0.4) is 0 Å². The lowest BCUT2D eigenvalue weighted by Gasteiger charge is -2.02. The van der Waals surface area contributed by atoms with Gasteiger partial charge in [-0.1, -0.05) is 23.7 Å². The van der Waals surface area contributed by atoms with Crippen LogP contribution in [0.4, 0.5) is 4.39 Å². The summed E-state index contributed by atoms with van der Waals surface area (Å²) >= 11 is 8.97. The molecule has 0 aromatic heterocycles. The van der Waals surface area contributed by atoms with Crippen molar-refractivity contribution in [1.82, 2.24) is 5.43 Å². The molecule has 0 unspecified atom stereocenters. The summed E-state index contributed by atoms with van der Waals surface area (Å²) in [4.78, 5) is 11.7. The fraction of sp³-hybridized carbons (Fsp3) is 0.0667. The molecule has 0 saturated heterocycles. The van der Waals surface area contributed by atoms with E-state index in [4.69, 9.17) is 11.6 Å². The number of benzene rings is 2. The number of carbonyl (C=O) groups excluding carboxylic acids is 1. The minimum Gasteiger partial charge on any atom is -0.505 e. The Morgan fingerprint density at radius 3 is 2.68 bits per heavy atom. The van der Waals surface area contributed by atoms with Crippen LogP contribution in [-0.4, -0.2) is 17.2 Å². The van der Waals surface area contributed by atoms with Crippen LogP contribution in [0.5, 0.6) is 5.75 Å². The van der Waals surface area contributed by atoms with E-state index in [1.54, 1.807) is 6.07 Å². The number of carbonyl (C=O) groups is 1. The van der Waals surface area contributed by atoms with Gasteiger partial charge in [-0.3, -0.25) is 4.79 Å². The lowest BCUT2D eigenvalue weighted by atomic mass is 10.1. The summed E-state index contributed by atoms with van der Waals surface area (Å²) in [7, 11) is 0. The van der Waals surface area contributed by atoms with Crippen molar-refractivity contribution in [3.8, 4) is 5.75 Å². The molecule has 0 atom stereocenters. The summed E-state index contributed by atoms with van der Waals surface area (Å²) in [5, 5.41) is 13.5. The van der Waals surface area contributed by atoms with Crippen LogP contribution >= 0.6 is 27.5 Å². The Labute approximate surface area is 139 Å². The quantitative estimate of drug-likeness (QED) is 0.623. The normalized spacial score (nSPS) is 10.9. The molecule has 0 spiro atoms. The predicted molar refractivity (Wildman–Crippen MR) is 86.7 cm³/mol. The molecule has 2 N–H and O–H groups in total. The molecule has 2 aromatic rings. The van der Waals surface area contributed by atoms with E-state index in [-0.39, 0.29) is 28.9 Å². The molecule has 2 rings (SSSR count). The van der Waals surface area contributed by atoms with E-state index in [0.717, 1.165) is 0 Å². The van der Waals surface area contributed by atoms with Gasteiger partial charge in [-0.15, -0.1) is 0 Å². The van der Waals surface area contributed by atoms with Crippen molar-refractivity contribution in [3.63, 3.8) is 0 Å². The Hall–Kier alpha value is -1.92. The summed E-state index contributed by atoms with van der Waals surface area (Å²) in [5.74, 6) is -0.733. The molecule has 0 aliphatic rings. The maximum absolute atomic E-state index is 12.8. The molecule has 0 heterocycles. The third-order valence-corrected chi connectivity index (χ3v) is 3.61. The molecule has 7 heteroatoms. The van der Waals surface area contributed by atoms with Gasteiger partial charge in [0.2, 0.25) is 5.91 Å².